The molecule has 1 N–H and O–H groups in total. The Morgan fingerprint density at radius 3 is 2.29 bits per heavy atom. The van der Waals surface area contributed by atoms with Gasteiger partial charge in [0.25, 0.3) is 0 Å². The Kier molecular flexibility index (Phi) is 6.18. The van der Waals surface area contributed by atoms with Crippen molar-refractivity contribution in [2.45, 2.75) is 52.9 Å². The number of carboxylic acids is 1. The zero-order valence-corrected chi connectivity index (χ0v) is 22.0. The Morgan fingerprint density at radius 2 is 1.77 bits per heavy atom. The lowest BCUT2D eigenvalue weighted by molar-refractivity contribution is -0.160. The van der Waals surface area contributed by atoms with Crippen molar-refractivity contribution in [2.24, 2.45) is 0 Å². The third kappa shape index (κ3) is 4.30. The van der Waals surface area contributed by atoms with E-state index in [0.29, 0.717) is 32.9 Å². The van der Waals surface area contributed by atoms with Gasteiger partial charge in [0, 0.05) is 28.1 Å². The minimum absolute atomic E-state index is 0.105. The van der Waals surface area contributed by atoms with E-state index < -0.39 is 33.5 Å². The zero-order chi connectivity index (χ0) is 26.0. The van der Waals surface area contributed by atoms with Crippen LogP contribution in [0.1, 0.15) is 43.7 Å². The molecule has 2 aromatic carbocycles. The highest BCUT2D eigenvalue weighted by atomic mass is 35.5. The van der Waals surface area contributed by atoms with Crippen molar-refractivity contribution >= 4 is 44.2 Å². The highest BCUT2D eigenvalue weighted by molar-refractivity contribution is 7.92. The normalized spacial score (nSPS) is 15.0. The molecule has 188 valence electrons. The summed E-state index contributed by atoms with van der Waals surface area (Å²) in [5.74, 6) is -1.79. The number of benzene rings is 2. The highest BCUT2D eigenvalue weighted by Crippen LogP contribution is 2.49. The van der Waals surface area contributed by atoms with Gasteiger partial charge in [-0.1, -0.05) is 23.7 Å². The quantitative estimate of drug-likeness (QED) is 0.482. The molecule has 0 fully saturated rings. The van der Waals surface area contributed by atoms with Crippen LogP contribution >= 0.6 is 11.6 Å². The molecule has 0 radical (unpaired) electrons. The summed E-state index contributed by atoms with van der Waals surface area (Å²) < 4.78 is 50.5. The summed E-state index contributed by atoms with van der Waals surface area (Å²) in [5.41, 5.74) is 1.71. The molecule has 1 aliphatic rings. The first-order chi connectivity index (χ1) is 16.1. The fraction of sp³-hybridized carbons (Fsp3) is 0.400. The average molecular weight is 523 g/mol. The van der Waals surface area contributed by atoms with E-state index in [1.54, 1.807) is 63.5 Å². The van der Waals surface area contributed by atoms with E-state index in [-0.39, 0.29) is 29.7 Å². The summed E-state index contributed by atoms with van der Waals surface area (Å²) in [6.45, 7) is 8.86. The number of sulfonamides is 1. The molecule has 0 unspecified atom stereocenters. The van der Waals surface area contributed by atoms with Gasteiger partial charge in [-0.2, -0.15) is 0 Å². The van der Waals surface area contributed by atoms with Crippen molar-refractivity contribution in [2.75, 3.05) is 17.1 Å². The molecule has 0 spiro atoms. The molecule has 2 heterocycles. The third-order valence-electron chi connectivity index (χ3n) is 6.22. The van der Waals surface area contributed by atoms with E-state index in [0.717, 1.165) is 6.26 Å². The van der Waals surface area contributed by atoms with E-state index >= 15 is 4.39 Å². The smallest absolute Gasteiger partial charge is 0.337 e. The van der Waals surface area contributed by atoms with Crippen LogP contribution in [0.5, 0.6) is 0 Å². The molecule has 10 heteroatoms. The van der Waals surface area contributed by atoms with Crippen LogP contribution in [-0.2, 0) is 26.1 Å². The first-order valence-electron chi connectivity index (χ1n) is 11.1. The molecule has 0 amide bonds. The van der Waals surface area contributed by atoms with Crippen molar-refractivity contribution in [1.29, 1.82) is 0 Å². The van der Waals surface area contributed by atoms with Crippen molar-refractivity contribution in [3.8, 4) is 11.1 Å². The van der Waals surface area contributed by atoms with Crippen LogP contribution in [0.25, 0.3) is 22.0 Å². The SMILES string of the molecule is Cc1c([C@H](OC(C)(C)C)C(=O)O)c(-c2ccc(Cl)cc2)c2c(F)c(C)n3c2c1N(S(C)(=O)=O)CC3. The number of nitrogens with zero attached hydrogens (tertiary/aromatic N) is 2. The van der Waals surface area contributed by atoms with Crippen LogP contribution in [0.2, 0.25) is 5.02 Å². The van der Waals surface area contributed by atoms with Gasteiger partial charge in [-0.05, 0) is 57.9 Å². The fourth-order valence-electron chi connectivity index (χ4n) is 4.86. The van der Waals surface area contributed by atoms with Gasteiger partial charge in [0.1, 0.15) is 0 Å². The first-order valence-corrected chi connectivity index (χ1v) is 13.3. The Morgan fingerprint density at radius 1 is 1.17 bits per heavy atom. The maximum absolute atomic E-state index is 16.0. The second-order valence-electron chi connectivity index (χ2n) is 9.83. The summed E-state index contributed by atoms with van der Waals surface area (Å²) in [5, 5.41) is 10.9. The van der Waals surface area contributed by atoms with Crippen LogP contribution in [-0.4, -0.2) is 42.5 Å². The minimum Gasteiger partial charge on any atom is -0.479 e. The lowest BCUT2D eigenvalue weighted by Gasteiger charge is -2.34. The first kappa shape index (κ1) is 25.5. The average Bonchev–Trinajstić information content (AvgIpc) is 2.99. The molecule has 0 saturated heterocycles. The predicted octanol–water partition coefficient (Wildman–Crippen LogP) is 5.44. The molecular weight excluding hydrogens is 495 g/mol. The molecule has 3 aromatic rings. The molecule has 1 aliphatic heterocycles. The molecule has 0 bridgehead atoms. The molecule has 7 nitrogen and oxygen atoms in total. The number of aromatic nitrogens is 1. The standard InChI is InChI=1S/C25H28ClFN2O5S/c1-13-17(23(24(30)31)34-25(3,4)5)18(15-7-9-16(26)10-8-15)19-20(27)14(2)28-11-12-29(35(6,32)33)21(13)22(19)28/h7-10,23H,11-12H2,1-6H3,(H,30,31)/t23-/m0/s1. The number of anilines is 1. The largest absolute Gasteiger partial charge is 0.479 e. The van der Waals surface area contributed by atoms with Crippen molar-refractivity contribution in [3.63, 3.8) is 0 Å². The van der Waals surface area contributed by atoms with Gasteiger partial charge in [-0.15, -0.1) is 0 Å². The second-order valence-corrected chi connectivity index (χ2v) is 12.2. The van der Waals surface area contributed by atoms with Crippen LogP contribution in [0.15, 0.2) is 24.3 Å². The number of carbonyl (C=O) groups is 1. The summed E-state index contributed by atoms with van der Waals surface area (Å²) in [6, 6.07) is 6.68. The Hall–Kier alpha value is -2.62. The van der Waals surface area contributed by atoms with Crippen molar-refractivity contribution < 1.29 is 27.4 Å². The fourth-order valence-corrected chi connectivity index (χ4v) is 5.95. The number of hydrogen-bond acceptors (Lipinski definition) is 4. The number of aliphatic carboxylic acids is 1. The summed E-state index contributed by atoms with van der Waals surface area (Å²) in [7, 11) is -3.73. The van der Waals surface area contributed by atoms with Crippen LogP contribution in [0, 0.1) is 19.7 Å². The lowest BCUT2D eigenvalue weighted by atomic mass is 9.87. The monoisotopic (exact) mass is 522 g/mol. The number of carboxylic acid groups (broad SMARTS) is 1. The summed E-state index contributed by atoms with van der Waals surface area (Å²) >= 11 is 6.10. The van der Waals surface area contributed by atoms with E-state index in [9.17, 15) is 18.3 Å². The van der Waals surface area contributed by atoms with Crippen LogP contribution in [0.4, 0.5) is 10.1 Å². The van der Waals surface area contributed by atoms with Gasteiger partial charge in [0.05, 0.1) is 35.3 Å². The van der Waals surface area contributed by atoms with Crippen molar-refractivity contribution in [1.82, 2.24) is 4.57 Å². The van der Waals surface area contributed by atoms with Gasteiger partial charge in [-0.25, -0.2) is 17.6 Å². The zero-order valence-electron chi connectivity index (χ0n) is 20.4. The Balaban J connectivity index is 2.26. The summed E-state index contributed by atoms with van der Waals surface area (Å²) in [4.78, 5) is 12.6. The van der Waals surface area contributed by atoms with Crippen molar-refractivity contribution in [3.05, 3.63) is 51.9 Å². The van der Waals surface area contributed by atoms with E-state index in [1.165, 1.54) is 4.31 Å². The second kappa shape index (κ2) is 8.50. The van der Waals surface area contributed by atoms with Crippen LogP contribution in [0.3, 0.4) is 0 Å². The van der Waals surface area contributed by atoms with E-state index in [2.05, 4.69) is 0 Å². The lowest BCUT2D eigenvalue weighted by Crippen LogP contribution is -2.37. The minimum atomic E-state index is -3.73. The molecule has 1 atom stereocenters. The molecule has 35 heavy (non-hydrogen) atoms. The molecule has 1 aromatic heterocycles. The topological polar surface area (TPSA) is 88.8 Å². The van der Waals surface area contributed by atoms with Gasteiger partial charge < -0.3 is 14.4 Å². The van der Waals surface area contributed by atoms with Crippen LogP contribution < -0.4 is 4.31 Å². The number of rotatable bonds is 5. The van der Waals surface area contributed by atoms with Gasteiger partial charge in [0.15, 0.2) is 11.9 Å². The molecule has 4 rings (SSSR count). The van der Waals surface area contributed by atoms with Gasteiger partial charge in [0.2, 0.25) is 10.0 Å². The maximum atomic E-state index is 16.0. The van der Waals surface area contributed by atoms with E-state index in [4.69, 9.17) is 16.3 Å². The highest BCUT2D eigenvalue weighted by Gasteiger charge is 2.39. The molecule has 0 aliphatic carbocycles. The molecular formula is C25H28ClFN2O5S. The molecule has 0 saturated carbocycles. The number of ether oxygens (including phenoxy) is 1. The third-order valence-corrected chi connectivity index (χ3v) is 7.64. The maximum Gasteiger partial charge on any atom is 0.337 e. The summed E-state index contributed by atoms with van der Waals surface area (Å²) in [6.07, 6.45) is -0.388. The Bertz CT molecular complexity index is 1460. The van der Waals surface area contributed by atoms with E-state index in [1.807, 2.05) is 0 Å². The Labute approximate surface area is 209 Å². The van der Waals surface area contributed by atoms with Gasteiger partial charge >= 0.3 is 5.97 Å². The predicted molar refractivity (Wildman–Crippen MR) is 135 cm³/mol. The number of halogens is 2. The number of hydrogen-bond donors (Lipinski definition) is 1. The van der Waals surface area contributed by atoms with Gasteiger partial charge in [-0.3, -0.25) is 4.31 Å².